The number of amides is 5. The minimum atomic E-state index is -2.88. The van der Waals surface area contributed by atoms with Gasteiger partial charge in [0.1, 0.15) is 41.6 Å². The van der Waals surface area contributed by atoms with Crippen LogP contribution in [0.2, 0.25) is 16.6 Å². The lowest BCUT2D eigenvalue weighted by molar-refractivity contribution is -0.164. The van der Waals surface area contributed by atoms with Gasteiger partial charge in [-0.05, 0) is 112 Å². The average molecular weight is 1070 g/mol. The number of carbonyl (C=O) groups excluding carboxylic acids is 8. The van der Waals surface area contributed by atoms with Gasteiger partial charge in [-0.15, -0.1) is 0 Å². The summed E-state index contributed by atoms with van der Waals surface area (Å²) in [5.41, 5.74) is 0.590. The smallest absolute Gasteiger partial charge is 0.408 e. The first-order valence-electron chi connectivity index (χ1n) is 27.4. The van der Waals surface area contributed by atoms with E-state index in [2.05, 4.69) is 57.5 Å². The molecule has 10 atom stereocenters. The van der Waals surface area contributed by atoms with Gasteiger partial charge in [-0.2, -0.15) is 0 Å². The van der Waals surface area contributed by atoms with Crippen LogP contribution >= 0.6 is 0 Å². The third kappa shape index (κ3) is 15.3. The Hall–Kier alpha value is -5.04. The maximum absolute atomic E-state index is 15.2. The van der Waals surface area contributed by atoms with E-state index < -0.39 is 128 Å². The molecule has 1 aromatic carbocycles. The van der Waals surface area contributed by atoms with E-state index in [0.717, 1.165) is 11.1 Å². The second-order valence-electron chi connectivity index (χ2n) is 23.8. The highest BCUT2D eigenvalue weighted by Crippen LogP contribution is 2.44. The van der Waals surface area contributed by atoms with E-state index in [-0.39, 0.29) is 60.8 Å². The van der Waals surface area contributed by atoms with Gasteiger partial charge in [0, 0.05) is 19.5 Å². The first-order chi connectivity index (χ1) is 34.9. The van der Waals surface area contributed by atoms with Gasteiger partial charge in [0.2, 0.25) is 31.9 Å². The predicted octanol–water partition coefficient (Wildman–Crippen LogP) is 7.56. The molecular formula is C56H91N5O13Si. The molecule has 422 valence electrons. The minimum Gasteiger partial charge on any atom is -0.497 e. The maximum atomic E-state index is 15.2. The van der Waals surface area contributed by atoms with Crippen molar-refractivity contribution in [3.05, 3.63) is 29.3 Å². The highest BCUT2D eigenvalue weighted by atomic mass is 28.4. The molecule has 18 nitrogen and oxygen atoms in total. The van der Waals surface area contributed by atoms with E-state index >= 15 is 9.59 Å². The molecule has 3 aliphatic heterocycles. The van der Waals surface area contributed by atoms with Crippen LogP contribution in [0.3, 0.4) is 0 Å². The number of hydrogen-bond donors (Lipinski definition) is 3. The Labute approximate surface area is 447 Å². The molecule has 19 heteroatoms. The third-order valence-electron chi connectivity index (χ3n) is 15.3. The fourth-order valence-corrected chi connectivity index (χ4v) is 16.8. The Balaban J connectivity index is 1.98. The Morgan fingerprint density at radius 3 is 1.99 bits per heavy atom. The van der Waals surface area contributed by atoms with Gasteiger partial charge < -0.3 is 49.1 Å². The number of hydrogen-bond acceptors (Lipinski definition) is 13. The lowest BCUT2D eigenvalue weighted by Crippen LogP contribution is -2.62. The van der Waals surface area contributed by atoms with E-state index in [1.165, 1.54) is 30.8 Å². The number of benzene rings is 1. The van der Waals surface area contributed by atoms with Gasteiger partial charge in [0.25, 0.3) is 0 Å². The van der Waals surface area contributed by atoms with Crippen molar-refractivity contribution >= 4 is 55.8 Å². The van der Waals surface area contributed by atoms with Crippen molar-refractivity contribution in [1.29, 1.82) is 0 Å². The van der Waals surface area contributed by atoms with Gasteiger partial charge in [-0.25, -0.2) is 9.59 Å². The molecule has 0 bridgehead atoms. The number of Topliss-reactive ketones (excluding diaryl/α,β-unsaturated/α-hetero) is 1. The van der Waals surface area contributed by atoms with Crippen LogP contribution < -0.4 is 20.7 Å². The Morgan fingerprint density at radius 2 is 1.44 bits per heavy atom. The summed E-state index contributed by atoms with van der Waals surface area (Å²) >= 11 is 0. The van der Waals surface area contributed by atoms with Crippen molar-refractivity contribution in [3.63, 3.8) is 0 Å². The zero-order valence-corrected chi connectivity index (χ0v) is 49.3. The summed E-state index contributed by atoms with van der Waals surface area (Å²) in [5.74, 6) is -6.71. The summed E-state index contributed by atoms with van der Waals surface area (Å²) in [6, 6.07) is -0.522. The molecule has 3 N–H and O–H groups in total. The number of esters is 2. The average Bonchev–Trinajstić information content (AvgIpc) is 3.82. The summed E-state index contributed by atoms with van der Waals surface area (Å²) in [7, 11) is -1.36. The first kappa shape index (κ1) is 62.5. The molecule has 0 spiro atoms. The highest BCUT2D eigenvalue weighted by molar-refractivity contribution is 6.77. The fraction of sp³-hybridized carbons (Fsp3) is 0.750. The van der Waals surface area contributed by atoms with Gasteiger partial charge >= 0.3 is 18.0 Å². The maximum Gasteiger partial charge on any atom is 0.408 e. The Morgan fingerprint density at radius 1 is 0.813 bits per heavy atom. The molecule has 0 aromatic heterocycles. The zero-order chi connectivity index (χ0) is 56.6. The molecule has 0 radical (unpaired) electrons. The van der Waals surface area contributed by atoms with Crippen LogP contribution in [0.15, 0.2) is 18.2 Å². The van der Waals surface area contributed by atoms with Gasteiger partial charge in [0.05, 0.1) is 31.6 Å². The number of ether oxygens (including phenoxy) is 4. The van der Waals surface area contributed by atoms with Crippen LogP contribution in [0.5, 0.6) is 5.75 Å². The number of carbonyl (C=O) groups is 8. The van der Waals surface area contributed by atoms with Gasteiger partial charge in [-0.3, -0.25) is 28.8 Å². The molecule has 2 fully saturated rings. The number of ketones is 1. The molecule has 1 aromatic rings. The number of alkyl carbamates (subject to hydrolysis) is 1. The number of nitrogens with one attached hydrogen (secondary N) is 3. The topological polar surface area (TPSA) is 225 Å². The molecule has 5 amide bonds. The van der Waals surface area contributed by atoms with Crippen molar-refractivity contribution < 1.29 is 61.7 Å². The van der Waals surface area contributed by atoms with E-state index in [4.69, 9.17) is 23.4 Å². The quantitative estimate of drug-likeness (QED) is 0.0796. The van der Waals surface area contributed by atoms with E-state index in [0.29, 0.717) is 18.6 Å². The molecule has 4 rings (SSSR count). The van der Waals surface area contributed by atoms with Crippen LogP contribution in [-0.2, 0) is 65.2 Å². The zero-order valence-electron chi connectivity index (χ0n) is 48.3. The Kier molecular flexibility index (Phi) is 21.9. The van der Waals surface area contributed by atoms with Crippen LogP contribution in [-0.4, -0.2) is 133 Å². The highest BCUT2D eigenvalue weighted by Gasteiger charge is 2.50. The molecule has 2 saturated heterocycles. The normalized spacial score (nSPS) is 26.9. The molecule has 75 heavy (non-hydrogen) atoms. The molecule has 0 saturated carbocycles. The largest absolute Gasteiger partial charge is 0.497 e. The number of methoxy groups -OCH3 is 1. The summed E-state index contributed by atoms with van der Waals surface area (Å²) in [6.45, 7) is 31.6. The Bertz CT molecular complexity index is 2190. The van der Waals surface area contributed by atoms with Crippen molar-refractivity contribution in [2.45, 2.75) is 234 Å². The summed E-state index contributed by atoms with van der Waals surface area (Å²) in [5, 5.41) is 8.63. The molecule has 3 aliphatic rings. The van der Waals surface area contributed by atoms with Crippen LogP contribution in [0.4, 0.5) is 4.79 Å². The third-order valence-corrected chi connectivity index (χ3v) is 21.5. The summed E-state index contributed by atoms with van der Waals surface area (Å²) in [4.78, 5) is 120. The lowest BCUT2D eigenvalue weighted by atomic mass is 9.91. The molecule has 0 unspecified atom stereocenters. The molecular weight excluding hydrogens is 979 g/mol. The van der Waals surface area contributed by atoms with Crippen molar-refractivity contribution in [2.75, 3.05) is 13.7 Å². The standard InChI is InChI=1S/C56H91N5O13Si/c1-19-35(12)46-44(74-75(32(6)7,33(8)9)34(10)11)28-45(62)72-49(31(4)5)48(63)36(13)50(64)57-41(25-30(2)3)52(66)60-24-20-21-42(60)53(67)61-29-39-26-40(70-18)23-22-38(39)27-43(61)54(68)71-37(14)47(51(65)58-46)59-55(69)73-56(15,16)17/h22-23,26,30-37,41-44,46-47,49H,19-21,24-25,27-29H2,1-18H3,(H,57,64)(H,58,65)(H,59,69)/t35-,36-,37+,41+,42-,43+,44-,46+,47-,49+/m0/s1. The van der Waals surface area contributed by atoms with Crippen LogP contribution in [0.25, 0.3) is 0 Å². The van der Waals surface area contributed by atoms with Gasteiger partial charge in [-0.1, -0.05) is 95.6 Å². The van der Waals surface area contributed by atoms with Crippen molar-refractivity contribution in [2.24, 2.45) is 23.7 Å². The van der Waals surface area contributed by atoms with Crippen LogP contribution in [0, 0.1) is 23.7 Å². The lowest BCUT2D eigenvalue weighted by Gasteiger charge is -2.47. The molecule has 0 aliphatic carbocycles. The van der Waals surface area contributed by atoms with Crippen molar-refractivity contribution in [1.82, 2.24) is 25.8 Å². The molecule has 3 heterocycles. The monoisotopic (exact) mass is 1070 g/mol. The van der Waals surface area contributed by atoms with Crippen LogP contribution in [0.1, 0.15) is 161 Å². The SMILES string of the molecule is CC[C@H](C)[C@H]1NC(=O)[C@@H](NC(=O)OC(C)(C)C)[C@@H](C)OC(=O)[C@H]2Cc3ccc(OC)cc3CN2C(=O)[C@@H]2CCCN2C(=O)[C@@H](CC(C)C)NC(=O)[C@@H](C)C(=O)[C@@H](C(C)C)OC(=O)C[C@@H]1O[Si](C(C)C)(C(C)C)C(C)C. The van der Waals surface area contributed by atoms with E-state index in [9.17, 15) is 28.8 Å². The number of fused-ring (bicyclic) bond motifs is 3. The summed E-state index contributed by atoms with van der Waals surface area (Å²) in [6.07, 6.45) is -3.71. The van der Waals surface area contributed by atoms with E-state index in [1.54, 1.807) is 46.8 Å². The van der Waals surface area contributed by atoms with Crippen molar-refractivity contribution in [3.8, 4) is 5.75 Å². The fourth-order valence-electron chi connectivity index (χ4n) is 11.2. The minimum absolute atomic E-state index is 0.0152. The van der Waals surface area contributed by atoms with Gasteiger partial charge in [0.15, 0.2) is 11.9 Å². The second kappa shape index (κ2) is 26.3. The number of cyclic esters (lactones) is 2. The predicted molar refractivity (Wildman–Crippen MR) is 287 cm³/mol. The number of rotatable bonds is 12. The second-order valence-corrected chi connectivity index (χ2v) is 29.3. The number of nitrogens with zero attached hydrogens (tertiary/aromatic N) is 2. The first-order valence-corrected chi connectivity index (χ1v) is 29.5. The summed E-state index contributed by atoms with van der Waals surface area (Å²) < 4.78 is 30.9. The van der Waals surface area contributed by atoms with E-state index in [1.807, 2.05) is 33.8 Å².